The molecule has 2 nitrogen and oxygen atoms in total. The molecule has 0 aliphatic carbocycles. The molecule has 0 unspecified atom stereocenters. The van der Waals surface area contributed by atoms with Gasteiger partial charge < -0.3 is 10.6 Å². The van der Waals surface area contributed by atoms with Crippen LogP contribution < -0.4 is 10.6 Å². The topological polar surface area (TPSA) is 24.1 Å². The van der Waals surface area contributed by atoms with E-state index in [0.717, 1.165) is 12.0 Å². The van der Waals surface area contributed by atoms with Gasteiger partial charge in [-0.1, -0.05) is 6.92 Å². The lowest BCUT2D eigenvalue weighted by atomic mass is 9.96. The molecule has 0 radical (unpaired) electrons. The van der Waals surface area contributed by atoms with Gasteiger partial charge in [-0.15, -0.1) is 0 Å². The van der Waals surface area contributed by atoms with Gasteiger partial charge in [0, 0.05) is 6.04 Å². The Bertz CT molecular complexity index is 83.0. The van der Waals surface area contributed by atoms with Gasteiger partial charge in [0.2, 0.25) is 0 Å². The summed E-state index contributed by atoms with van der Waals surface area (Å²) in [6.07, 6.45) is 1.28. The number of hydrogen-bond acceptors (Lipinski definition) is 2. The Hall–Kier alpha value is -0.0800. The second-order valence-electron chi connectivity index (χ2n) is 2.87. The minimum absolute atomic E-state index is 0.742. The maximum absolute atomic E-state index is 3.36. The predicted molar refractivity (Wildman–Crippen MR) is 39.5 cm³/mol. The molecule has 0 spiro atoms. The third-order valence-corrected chi connectivity index (χ3v) is 2.16. The zero-order valence-electron chi connectivity index (χ0n) is 6.28. The summed E-state index contributed by atoms with van der Waals surface area (Å²) in [4.78, 5) is 0. The van der Waals surface area contributed by atoms with Crippen LogP contribution in [0.5, 0.6) is 0 Å². The molecule has 9 heavy (non-hydrogen) atoms. The molecule has 1 fully saturated rings. The largest absolute Gasteiger partial charge is 0.317 e. The molecule has 54 valence electrons. The molecule has 1 aliphatic heterocycles. The third-order valence-electron chi connectivity index (χ3n) is 2.16. The molecule has 0 bridgehead atoms. The van der Waals surface area contributed by atoms with E-state index >= 15 is 0 Å². The van der Waals surface area contributed by atoms with E-state index < -0.39 is 0 Å². The van der Waals surface area contributed by atoms with Crippen molar-refractivity contribution >= 4 is 0 Å². The lowest BCUT2D eigenvalue weighted by Crippen LogP contribution is -2.44. The van der Waals surface area contributed by atoms with Gasteiger partial charge in [0.05, 0.1) is 0 Å². The van der Waals surface area contributed by atoms with E-state index in [1.807, 2.05) is 7.05 Å². The molecule has 1 rings (SSSR count). The molecule has 1 aliphatic rings. The van der Waals surface area contributed by atoms with Crippen LogP contribution in [0.2, 0.25) is 0 Å². The fraction of sp³-hybridized carbons (Fsp3) is 1.00. The van der Waals surface area contributed by atoms with Gasteiger partial charge in [0.25, 0.3) is 0 Å². The van der Waals surface area contributed by atoms with Crippen LogP contribution >= 0.6 is 0 Å². The van der Waals surface area contributed by atoms with Crippen molar-refractivity contribution in [2.24, 2.45) is 5.92 Å². The normalized spacial score (nSPS) is 36.7. The van der Waals surface area contributed by atoms with Crippen molar-refractivity contribution in [2.45, 2.75) is 19.4 Å². The summed E-state index contributed by atoms with van der Waals surface area (Å²) in [5, 5.41) is 6.67. The lowest BCUT2D eigenvalue weighted by molar-refractivity contribution is 0.311. The lowest BCUT2D eigenvalue weighted by Gasteiger charge is -2.28. The van der Waals surface area contributed by atoms with Crippen LogP contribution in [-0.2, 0) is 0 Å². The first-order valence-corrected chi connectivity index (χ1v) is 3.72. The summed E-state index contributed by atoms with van der Waals surface area (Å²) in [5.41, 5.74) is 0. The number of hydrogen-bond donors (Lipinski definition) is 2. The number of nitrogens with one attached hydrogen (secondary N) is 2. The van der Waals surface area contributed by atoms with Gasteiger partial charge in [-0.3, -0.25) is 0 Å². The Kier molecular flexibility index (Phi) is 2.49. The SMILES string of the molecule is CN[C@@H]1CCNC[C@H]1C. The third kappa shape index (κ3) is 1.66. The second-order valence-corrected chi connectivity index (χ2v) is 2.87. The van der Waals surface area contributed by atoms with E-state index in [9.17, 15) is 0 Å². The first kappa shape index (κ1) is 7.03. The molecule has 0 aromatic heterocycles. The van der Waals surface area contributed by atoms with Crippen LogP contribution in [0.1, 0.15) is 13.3 Å². The maximum atomic E-state index is 3.36. The smallest absolute Gasteiger partial charge is 0.0114 e. The Labute approximate surface area is 57.0 Å². The fourth-order valence-corrected chi connectivity index (χ4v) is 1.44. The molecular formula is C7H16N2. The van der Waals surface area contributed by atoms with Gasteiger partial charge in [0.1, 0.15) is 0 Å². The predicted octanol–water partition coefficient (Wildman–Crippen LogP) is 0.204. The highest BCUT2D eigenvalue weighted by atomic mass is 15.0. The van der Waals surface area contributed by atoms with E-state index in [1.165, 1.54) is 19.5 Å². The highest BCUT2D eigenvalue weighted by Crippen LogP contribution is 2.08. The van der Waals surface area contributed by atoms with Crippen molar-refractivity contribution in [2.75, 3.05) is 20.1 Å². The average molecular weight is 128 g/mol. The molecule has 0 saturated carbocycles. The summed E-state index contributed by atoms with van der Waals surface area (Å²) >= 11 is 0. The van der Waals surface area contributed by atoms with Crippen molar-refractivity contribution in [1.29, 1.82) is 0 Å². The van der Waals surface area contributed by atoms with Crippen LogP contribution in [0.25, 0.3) is 0 Å². The van der Waals surface area contributed by atoms with E-state index in [4.69, 9.17) is 0 Å². The first-order valence-electron chi connectivity index (χ1n) is 3.72. The molecule has 0 aromatic rings. The van der Waals surface area contributed by atoms with Gasteiger partial charge in [-0.05, 0) is 32.5 Å². The molecule has 1 saturated heterocycles. The quantitative estimate of drug-likeness (QED) is 0.527. The Balaban J connectivity index is 2.30. The van der Waals surface area contributed by atoms with Gasteiger partial charge in [-0.25, -0.2) is 0 Å². The van der Waals surface area contributed by atoms with E-state index in [0.29, 0.717) is 0 Å². The van der Waals surface area contributed by atoms with Crippen LogP contribution in [0, 0.1) is 5.92 Å². The van der Waals surface area contributed by atoms with Crippen molar-refractivity contribution < 1.29 is 0 Å². The maximum Gasteiger partial charge on any atom is 0.0114 e. The fourth-order valence-electron chi connectivity index (χ4n) is 1.44. The summed E-state index contributed by atoms with van der Waals surface area (Å²) in [7, 11) is 2.05. The second kappa shape index (κ2) is 3.18. The molecule has 1 heterocycles. The monoisotopic (exact) mass is 128 g/mol. The van der Waals surface area contributed by atoms with Crippen molar-refractivity contribution in [3.63, 3.8) is 0 Å². The molecule has 2 atom stereocenters. The Morgan fingerprint density at radius 2 is 2.33 bits per heavy atom. The van der Waals surface area contributed by atoms with Gasteiger partial charge in [0.15, 0.2) is 0 Å². The van der Waals surface area contributed by atoms with Crippen molar-refractivity contribution in [3.05, 3.63) is 0 Å². The average Bonchev–Trinajstić information content (AvgIpc) is 1.89. The number of piperidine rings is 1. The molecular weight excluding hydrogens is 112 g/mol. The van der Waals surface area contributed by atoms with E-state index in [1.54, 1.807) is 0 Å². The minimum atomic E-state index is 0.742. The van der Waals surface area contributed by atoms with Gasteiger partial charge >= 0.3 is 0 Å². The molecule has 2 N–H and O–H groups in total. The van der Waals surface area contributed by atoms with Crippen LogP contribution in [0.15, 0.2) is 0 Å². The minimum Gasteiger partial charge on any atom is -0.317 e. The van der Waals surface area contributed by atoms with Crippen LogP contribution in [0.4, 0.5) is 0 Å². The molecule has 2 heteroatoms. The highest BCUT2D eigenvalue weighted by Gasteiger charge is 2.17. The highest BCUT2D eigenvalue weighted by molar-refractivity contribution is 4.78. The van der Waals surface area contributed by atoms with Gasteiger partial charge in [-0.2, -0.15) is 0 Å². The standard InChI is InChI=1S/C7H16N2/c1-6-5-9-4-3-7(6)8-2/h6-9H,3-5H2,1-2H3/t6-,7-/m1/s1. The Morgan fingerprint density at radius 3 is 2.78 bits per heavy atom. The van der Waals surface area contributed by atoms with Crippen LogP contribution in [-0.4, -0.2) is 26.2 Å². The summed E-state index contributed by atoms with van der Waals surface area (Å²) in [6.45, 7) is 4.63. The van der Waals surface area contributed by atoms with E-state index in [2.05, 4.69) is 17.6 Å². The zero-order chi connectivity index (χ0) is 6.69. The number of rotatable bonds is 1. The summed E-state index contributed by atoms with van der Waals surface area (Å²) < 4.78 is 0. The van der Waals surface area contributed by atoms with E-state index in [-0.39, 0.29) is 0 Å². The summed E-state index contributed by atoms with van der Waals surface area (Å²) in [5.74, 6) is 0.795. The molecule has 0 aromatic carbocycles. The Morgan fingerprint density at radius 1 is 1.56 bits per heavy atom. The summed E-state index contributed by atoms with van der Waals surface area (Å²) in [6, 6.07) is 0.742. The van der Waals surface area contributed by atoms with Crippen molar-refractivity contribution in [1.82, 2.24) is 10.6 Å². The van der Waals surface area contributed by atoms with Crippen molar-refractivity contribution in [3.8, 4) is 0 Å². The zero-order valence-corrected chi connectivity index (χ0v) is 6.28. The first-order chi connectivity index (χ1) is 4.34. The molecule has 0 amide bonds. The van der Waals surface area contributed by atoms with Crippen LogP contribution in [0.3, 0.4) is 0 Å².